The Balaban J connectivity index is 2.69. The Morgan fingerprint density at radius 3 is 2.73 bits per heavy atom. The van der Waals surface area contributed by atoms with E-state index in [2.05, 4.69) is 0 Å². The van der Waals surface area contributed by atoms with Gasteiger partial charge in [-0.1, -0.05) is 6.92 Å². The van der Waals surface area contributed by atoms with Crippen LogP contribution in [0.1, 0.15) is 26.7 Å². The molecule has 0 aromatic carbocycles. The lowest BCUT2D eigenvalue weighted by Crippen LogP contribution is -2.59. The number of nitrogens with two attached hydrogens (primary N) is 1. The van der Waals surface area contributed by atoms with E-state index >= 15 is 0 Å². The average molecular weight is 159 g/mol. The molecule has 1 fully saturated rings. The van der Waals surface area contributed by atoms with Crippen LogP contribution in [-0.4, -0.2) is 29.5 Å². The molecule has 0 bridgehead atoms. The molecular weight excluding hydrogens is 142 g/mol. The van der Waals surface area contributed by atoms with Gasteiger partial charge in [0, 0.05) is 12.6 Å². The monoisotopic (exact) mass is 159 g/mol. The van der Waals surface area contributed by atoms with Crippen molar-refractivity contribution in [1.29, 1.82) is 0 Å². The van der Waals surface area contributed by atoms with Gasteiger partial charge in [-0.3, -0.25) is 0 Å². The average Bonchev–Trinajstić information content (AvgIpc) is 2.00. The van der Waals surface area contributed by atoms with Gasteiger partial charge < -0.3 is 15.6 Å². The summed E-state index contributed by atoms with van der Waals surface area (Å²) in [4.78, 5) is 0. The molecule has 0 amide bonds. The minimum absolute atomic E-state index is 0.128. The maximum Gasteiger partial charge on any atom is 0.105 e. The van der Waals surface area contributed by atoms with E-state index in [1.807, 2.05) is 13.8 Å². The van der Waals surface area contributed by atoms with E-state index in [1.165, 1.54) is 0 Å². The minimum atomic E-state index is -0.807. The van der Waals surface area contributed by atoms with E-state index < -0.39 is 5.60 Å². The molecule has 1 saturated heterocycles. The fourth-order valence-electron chi connectivity index (χ4n) is 1.62. The molecule has 0 radical (unpaired) electrons. The zero-order valence-corrected chi connectivity index (χ0v) is 7.21. The van der Waals surface area contributed by atoms with Crippen LogP contribution in [0.25, 0.3) is 0 Å². The van der Waals surface area contributed by atoms with Crippen molar-refractivity contribution >= 4 is 0 Å². The molecule has 66 valence electrons. The first-order valence-electron chi connectivity index (χ1n) is 4.20. The second-order valence-corrected chi connectivity index (χ2v) is 3.25. The molecule has 0 aromatic rings. The van der Waals surface area contributed by atoms with Crippen LogP contribution in [-0.2, 0) is 4.74 Å². The summed E-state index contributed by atoms with van der Waals surface area (Å²) in [6.07, 6.45) is 1.29. The van der Waals surface area contributed by atoms with Gasteiger partial charge in [-0.15, -0.1) is 0 Å². The number of ether oxygens (including phenoxy) is 1. The lowest BCUT2D eigenvalue weighted by atomic mass is 9.83. The van der Waals surface area contributed by atoms with Crippen molar-refractivity contribution < 1.29 is 9.84 Å². The van der Waals surface area contributed by atoms with Crippen molar-refractivity contribution in [3.8, 4) is 0 Å². The van der Waals surface area contributed by atoms with E-state index in [0.29, 0.717) is 13.0 Å². The first-order valence-corrected chi connectivity index (χ1v) is 4.20. The predicted octanol–water partition coefficient (Wildman–Crippen LogP) is 0.264. The molecule has 1 aliphatic rings. The maximum absolute atomic E-state index is 9.97. The highest BCUT2D eigenvalue weighted by atomic mass is 16.5. The van der Waals surface area contributed by atoms with Gasteiger partial charge in [-0.05, 0) is 19.8 Å². The van der Waals surface area contributed by atoms with E-state index in [4.69, 9.17) is 10.5 Å². The molecule has 0 aromatic heterocycles. The van der Waals surface area contributed by atoms with E-state index in [0.717, 1.165) is 6.42 Å². The largest absolute Gasteiger partial charge is 0.386 e. The number of rotatable bonds is 1. The van der Waals surface area contributed by atoms with Crippen LogP contribution < -0.4 is 5.73 Å². The van der Waals surface area contributed by atoms with Crippen LogP contribution in [0, 0.1) is 0 Å². The van der Waals surface area contributed by atoms with Crippen LogP contribution in [0.4, 0.5) is 0 Å². The predicted molar refractivity (Wildman–Crippen MR) is 43.2 cm³/mol. The molecule has 1 rings (SSSR count). The lowest BCUT2D eigenvalue weighted by Gasteiger charge is -2.42. The van der Waals surface area contributed by atoms with Crippen molar-refractivity contribution in [1.82, 2.24) is 0 Å². The molecule has 3 N–H and O–H groups in total. The van der Waals surface area contributed by atoms with Gasteiger partial charge in [0.2, 0.25) is 0 Å². The molecule has 3 nitrogen and oxygen atoms in total. The summed E-state index contributed by atoms with van der Waals surface area (Å²) >= 11 is 0. The zero-order chi connectivity index (χ0) is 8.48. The zero-order valence-electron chi connectivity index (χ0n) is 7.21. The summed E-state index contributed by atoms with van der Waals surface area (Å²) in [6.45, 7) is 4.48. The topological polar surface area (TPSA) is 55.5 Å². The Hall–Kier alpha value is -0.120. The summed E-state index contributed by atoms with van der Waals surface area (Å²) in [5.74, 6) is 0. The lowest BCUT2D eigenvalue weighted by molar-refractivity contribution is -0.148. The second kappa shape index (κ2) is 3.09. The number of hydrogen-bond acceptors (Lipinski definition) is 3. The van der Waals surface area contributed by atoms with Gasteiger partial charge in [0.1, 0.15) is 5.60 Å². The highest BCUT2D eigenvalue weighted by Crippen LogP contribution is 2.27. The van der Waals surface area contributed by atoms with Gasteiger partial charge in [-0.2, -0.15) is 0 Å². The first-order chi connectivity index (χ1) is 5.11. The van der Waals surface area contributed by atoms with Crippen molar-refractivity contribution in [2.24, 2.45) is 5.73 Å². The maximum atomic E-state index is 9.97. The van der Waals surface area contributed by atoms with Crippen molar-refractivity contribution in [3.63, 3.8) is 0 Å². The normalized spacial score (nSPS) is 45.8. The third-order valence-corrected chi connectivity index (χ3v) is 2.71. The molecule has 1 heterocycles. The van der Waals surface area contributed by atoms with Gasteiger partial charge in [0.25, 0.3) is 0 Å². The van der Waals surface area contributed by atoms with Crippen molar-refractivity contribution in [3.05, 3.63) is 0 Å². The SMILES string of the molecule is CCC1(O)[C@H](C)OCC[C@@H]1N. The van der Waals surface area contributed by atoms with Crippen molar-refractivity contribution in [2.75, 3.05) is 6.61 Å². The van der Waals surface area contributed by atoms with E-state index in [9.17, 15) is 5.11 Å². The Kier molecular flexibility index (Phi) is 2.52. The quantitative estimate of drug-likeness (QED) is 0.577. The first kappa shape index (κ1) is 8.97. The fourth-order valence-corrected chi connectivity index (χ4v) is 1.62. The Bertz CT molecular complexity index is 128. The molecular formula is C8H17NO2. The molecule has 0 saturated carbocycles. The smallest absolute Gasteiger partial charge is 0.105 e. The Morgan fingerprint density at radius 2 is 2.36 bits per heavy atom. The highest BCUT2D eigenvalue weighted by Gasteiger charge is 2.41. The molecule has 1 unspecified atom stereocenters. The fraction of sp³-hybridized carbons (Fsp3) is 1.00. The molecule has 0 aliphatic carbocycles. The molecule has 11 heavy (non-hydrogen) atoms. The Morgan fingerprint density at radius 1 is 1.73 bits per heavy atom. The van der Waals surface area contributed by atoms with Crippen LogP contribution in [0.15, 0.2) is 0 Å². The standard InChI is InChI=1S/C8H17NO2/c1-3-8(10)6(2)11-5-4-7(8)9/h6-7,10H,3-5,9H2,1-2H3/t6-,7-,8?/m0/s1. The van der Waals surface area contributed by atoms with Crippen LogP contribution in [0.2, 0.25) is 0 Å². The minimum Gasteiger partial charge on any atom is -0.386 e. The number of aliphatic hydroxyl groups is 1. The summed E-state index contributed by atoms with van der Waals surface area (Å²) < 4.78 is 5.32. The van der Waals surface area contributed by atoms with Gasteiger partial charge in [0.15, 0.2) is 0 Å². The summed E-state index contributed by atoms with van der Waals surface area (Å²) in [5, 5.41) is 9.97. The molecule has 3 heteroatoms. The van der Waals surface area contributed by atoms with Crippen molar-refractivity contribution in [2.45, 2.75) is 44.4 Å². The summed E-state index contributed by atoms with van der Waals surface area (Å²) in [5.41, 5.74) is 4.98. The van der Waals surface area contributed by atoms with Crippen LogP contribution >= 0.6 is 0 Å². The summed E-state index contributed by atoms with van der Waals surface area (Å²) in [7, 11) is 0. The van der Waals surface area contributed by atoms with Crippen LogP contribution in [0.5, 0.6) is 0 Å². The van der Waals surface area contributed by atoms with E-state index in [1.54, 1.807) is 0 Å². The van der Waals surface area contributed by atoms with Gasteiger partial charge >= 0.3 is 0 Å². The third kappa shape index (κ3) is 1.41. The highest BCUT2D eigenvalue weighted by molar-refractivity contribution is 4.96. The number of hydrogen-bond donors (Lipinski definition) is 2. The third-order valence-electron chi connectivity index (χ3n) is 2.71. The van der Waals surface area contributed by atoms with Gasteiger partial charge in [-0.25, -0.2) is 0 Å². The summed E-state index contributed by atoms with van der Waals surface area (Å²) in [6, 6.07) is -0.128. The second-order valence-electron chi connectivity index (χ2n) is 3.25. The van der Waals surface area contributed by atoms with Gasteiger partial charge in [0.05, 0.1) is 6.10 Å². The molecule has 1 aliphatic heterocycles. The molecule has 3 atom stereocenters. The Labute approximate surface area is 67.5 Å². The van der Waals surface area contributed by atoms with E-state index in [-0.39, 0.29) is 12.1 Å². The molecule has 0 spiro atoms. The van der Waals surface area contributed by atoms with Crippen LogP contribution in [0.3, 0.4) is 0 Å².